The lowest BCUT2D eigenvalue weighted by Crippen LogP contribution is -2.20. The van der Waals surface area contributed by atoms with Crippen molar-refractivity contribution in [3.63, 3.8) is 0 Å². The van der Waals surface area contributed by atoms with Crippen molar-refractivity contribution >= 4 is 0 Å². The molecule has 0 saturated carbocycles. The van der Waals surface area contributed by atoms with Gasteiger partial charge in [0, 0.05) is 6.61 Å². The van der Waals surface area contributed by atoms with Crippen molar-refractivity contribution < 1.29 is 5.11 Å². The highest BCUT2D eigenvalue weighted by Crippen LogP contribution is 2.02. The summed E-state index contributed by atoms with van der Waals surface area (Å²) in [4.78, 5) is 0. The van der Waals surface area contributed by atoms with Gasteiger partial charge in [0.25, 0.3) is 0 Å². The molecule has 1 aromatic rings. The van der Waals surface area contributed by atoms with E-state index in [1.54, 1.807) is 0 Å². The Balaban J connectivity index is 1.96. The van der Waals surface area contributed by atoms with Crippen LogP contribution in [0.1, 0.15) is 25.3 Å². The van der Waals surface area contributed by atoms with Gasteiger partial charge in [0.2, 0.25) is 0 Å². The second-order valence-electron chi connectivity index (χ2n) is 4.42. The standard InChI is InChI=1S/C14H23NO/c1-13(12-16)9-11-15-10-5-8-14-6-3-2-4-7-14/h2-4,6-7,13,15-16H,5,8-12H2,1H3/t13-/m1/s1. The minimum atomic E-state index is 0.297. The van der Waals surface area contributed by atoms with Crippen LogP contribution in [0.5, 0.6) is 0 Å². The van der Waals surface area contributed by atoms with E-state index in [1.807, 2.05) is 0 Å². The number of aryl methyl sites for hydroxylation is 1. The second kappa shape index (κ2) is 8.31. The predicted molar refractivity (Wildman–Crippen MR) is 68.5 cm³/mol. The number of rotatable bonds is 8. The average Bonchev–Trinajstić information content (AvgIpc) is 2.34. The smallest absolute Gasteiger partial charge is 0.0457 e. The molecule has 0 fully saturated rings. The number of benzene rings is 1. The lowest BCUT2D eigenvalue weighted by molar-refractivity contribution is 0.229. The summed E-state index contributed by atoms with van der Waals surface area (Å²) >= 11 is 0. The summed E-state index contributed by atoms with van der Waals surface area (Å²) in [6.07, 6.45) is 3.38. The van der Waals surface area contributed by atoms with Crippen molar-refractivity contribution in [2.45, 2.75) is 26.2 Å². The van der Waals surface area contributed by atoms with Crippen LogP contribution in [0.3, 0.4) is 0 Å². The van der Waals surface area contributed by atoms with E-state index in [4.69, 9.17) is 5.11 Å². The van der Waals surface area contributed by atoms with E-state index in [0.29, 0.717) is 12.5 Å². The molecule has 2 heteroatoms. The highest BCUT2D eigenvalue weighted by Gasteiger charge is 1.98. The van der Waals surface area contributed by atoms with Gasteiger partial charge in [-0.05, 0) is 43.8 Å². The second-order valence-corrected chi connectivity index (χ2v) is 4.42. The lowest BCUT2D eigenvalue weighted by Gasteiger charge is -2.08. The molecule has 0 aliphatic heterocycles. The van der Waals surface area contributed by atoms with Gasteiger partial charge in [0.15, 0.2) is 0 Å². The van der Waals surface area contributed by atoms with Crippen LogP contribution in [-0.4, -0.2) is 24.8 Å². The zero-order chi connectivity index (χ0) is 11.6. The van der Waals surface area contributed by atoms with E-state index in [-0.39, 0.29) is 0 Å². The van der Waals surface area contributed by atoms with E-state index >= 15 is 0 Å². The number of hydrogen-bond donors (Lipinski definition) is 2. The minimum Gasteiger partial charge on any atom is -0.396 e. The summed E-state index contributed by atoms with van der Waals surface area (Å²) in [7, 11) is 0. The highest BCUT2D eigenvalue weighted by molar-refractivity contribution is 5.14. The summed E-state index contributed by atoms with van der Waals surface area (Å²) in [6.45, 7) is 4.45. The van der Waals surface area contributed by atoms with Gasteiger partial charge in [-0.15, -0.1) is 0 Å². The molecule has 1 aromatic carbocycles. The van der Waals surface area contributed by atoms with E-state index in [9.17, 15) is 0 Å². The molecular weight excluding hydrogens is 198 g/mol. The van der Waals surface area contributed by atoms with E-state index in [1.165, 1.54) is 12.0 Å². The SMILES string of the molecule is C[C@@H](CO)CCNCCCc1ccccc1. The number of nitrogens with one attached hydrogen (secondary N) is 1. The third-order valence-corrected chi connectivity index (χ3v) is 2.79. The van der Waals surface area contributed by atoms with Crippen LogP contribution in [0.25, 0.3) is 0 Å². The molecule has 1 atom stereocenters. The molecule has 0 amide bonds. The monoisotopic (exact) mass is 221 g/mol. The first-order chi connectivity index (χ1) is 7.83. The molecule has 0 aliphatic carbocycles. The Labute approximate surface area is 98.7 Å². The van der Waals surface area contributed by atoms with Crippen molar-refractivity contribution in [2.24, 2.45) is 5.92 Å². The van der Waals surface area contributed by atoms with Gasteiger partial charge in [-0.25, -0.2) is 0 Å². The first-order valence-electron chi connectivity index (χ1n) is 6.18. The average molecular weight is 221 g/mol. The summed E-state index contributed by atoms with van der Waals surface area (Å²) < 4.78 is 0. The van der Waals surface area contributed by atoms with Crippen molar-refractivity contribution in [2.75, 3.05) is 19.7 Å². The molecule has 0 heterocycles. The fraction of sp³-hybridized carbons (Fsp3) is 0.571. The first kappa shape index (κ1) is 13.2. The number of aliphatic hydroxyl groups excluding tert-OH is 1. The molecule has 0 saturated heterocycles. The molecule has 16 heavy (non-hydrogen) atoms. The predicted octanol–water partition coefficient (Wildman–Crippen LogP) is 2.23. The van der Waals surface area contributed by atoms with Gasteiger partial charge in [-0.3, -0.25) is 0 Å². The van der Waals surface area contributed by atoms with Crippen molar-refractivity contribution in [3.05, 3.63) is 35.9 Å². The number of aliphatic hydroxyl groups is 1. The first-order valence-corrected chi connectivity index (χ1v) is 6.18. The normalized spacial score (nSPS) is 12.6. The van der Waals surface area contributed by atoms with Gasteiger partial charge in [0.05, 0.1) is 0 Å². The van der Waals surface area contributed by atoms with Crippen LogP contribution in [0.15, 0.2) is 30.3 Å². The zero-order valence-corrected chi connectivity index (χ0v) is 10.2. The lowest BCUT2D eigenvalue weighted by atomic mass is 10.1. The zero-order valence-electron chi connectivity index (χ0n) is 10.2. The molecular formula is C14H23NO. The number of hydrogen-bond acceptors (Lipinski definition) is 2. The third-order valence-electron chi connectivity index (χ3n) is 2.79. The maximum Gasteiger partial charge on any atom is 0.0457 e. The van der Waals surface area contributed by atoms with Gasteiger partial charge >= 0.3 is 0 Å². The Bertz CT molecular complexity index is 261. The summed E-state index contributed by atoms with van der Waals surface area (Å²) in [5.74, 6) is 0.418. The van der Waals surface area contributed by atoms with E-state index in [2.05, 4.69) is 42.6 Å². The van der Waals surface area contributed by atoms with Crippen molar-refractivity contribution in [1.29, 1.82) is 0 Å². The third kappa shape index (κ3) is 5.89. The molecule has 0 unspecified atom stereocenters. The van der Waals surface area contributed by atoms with Gasteiger partial charge in [0.1, 0.15) is 0 Å². The van der Waals surface area contributed by atoms with Crippen LogP contribution in [0, 0.1) is 5.92 Å². The Morgan fingerprint density at radius 3 is 2.62 bits per heavy atom. The Hall–Kier alpha value is -0.860. The van der Waals surface area contributed by atoms with Crippen LogP contribution in [0.4, 0.5) is 0 Å². The van der Waals surface area contributed by atoms with Crippen LogP contribution in [-0.2, 0) is 6.42 Å². The minimum absolute atomic E-state index is 0.297. The van der Waals surface area contributed by atoms with E-state index in [0.717, 1.165) is 25.9 Å². The molecule has 90 valence electrons. The van der Waals surface area contributed by atoms with Crippen molar-refractivity contribution in [1.82, 2.24) is 5.32 Å². The van der Waals surface area contributed by atoms with Crippen LogP contribution in [0.2, 0.25) is 0 Å². The fourth-order valence-electron chi connectivity index (χ4n) is 1.63. The van der Waals surface area contributed by atoms with E-state index < -0.39 is 0 Å². The topological polar surface area (TPSA) is 32.3 Å². The Kier molecular flexibility index (Phi) is 6.86. The molecule has 0 aromatic heterocycles. The molecule has 0 radical (unpaired) electrons. The molecule has 2 N–H and O–H groups in total. The van der Waals surface area contributed by atoms with Gasteiger partial charge in [-0.2, -0.15) is 0 Å². The maximum atomic E-state index is 8.86. The fourth-order valence-corrected chi connectivity index (χ4v) is 1.63. The van der Waals surface area contributed by atoms with Gasteiger partial charge < -0.3 is 10.4 Å². The quantitative estimate of drug-likeness (QED) is 0.660. The molecule has 1 rings (SSSR count). The van der Waals surface area contributed by atoms with Crippen LogP contribution < -0.4 is 5.32 Å². The maximum absolute atomic E-state index is 8.86. The van der Waals surface area contributed by atoms with Gasteiger partial charge in [-0.1, -0.05) is 37.3 Å². The molecule has 0 bridgehead atoms. The Morgan fingerprint density at radius 1 is 1.19 bits per heavy atom. The Morgan fingerprint density at radius 2 is 1.94 bits per heavy atom. The van der Waals surface area contributed by atoms with Crippen molar-refractivity contribution in [3.8, 4) is 0 Å². The summed E-state index contributed by atoms with van der Waals surface area (Å²) in [5.41, 5.74) is 1.41. The molecule has 2 nitrogen and oxygen atoms in total. The van der Waals surface area contributed by atoms with Crippen LogP contribution >= 0.6 is 0 Å². The summed E-state index contributed by atoms with van der Waals surface area (Å²) in [6, 6.07) is 10.6. The largest absolute Gasteiger partial charge is 0.396 e. The molecule has 0 spiro atoms. The summed E-state index contributed by atoms with van der Waals surface area (Å²) in [5, 5.41) is 12.3. The molecule has 0 aliphatic rings. The highest BCUT2D eigenvalue weighted by atomic mass is 16.3.